The van der Waals surface area contributed by atoms with Gasteiger partial charge >= 0.3 is 0 Å². The van der Waals surface area contributed by atoms with E-state index in [1.165, 1.54) is 4.90 Å². The topological polar surface area (TPSA) is 68.3 Å². The molecule has 2 aromatic carbocycles. The smallest absolute Gasteiger partial charge is 0.278 e. The van der Waals surface area contributed by atoms with E-state index in [9.17, 15) is 9.59 Å². The van der Waals surface area contributed by atoms with Crippen molar-refractivity contribution in [2.75, 3.05) is 40.5 Å². The van der Waals surface area contributed by atoms with E-state index >= 15 is 0 Å². The average molecular weight is 437 g/mol. The number of carbonyl (C=O) groups is 2. The number of hydrogen-bond donors (Lipinski definition) is 0. The molecule has 0 unspecified atom stereocenters. The van der Waals surface area contributed by atoms with Crippen LogP contribution in [-0.4, -0.2) is 62.1 Å². The summed E-state index contributed by atoms with van der Waals surface area (Å²) in [6, 6.07) is 11.4. The van der Waals surface area contributed by atoms with Crippen molar-refractivity contribution in [3.05, 3.63) is 64.3 Å². The van der Waals surface area contributed by atoms with Crippen LogP contribution in [-0.2, 0) is 20.9 Å². The van der Waals surface area contributed by atoms with Crippen molar-refractivity contribution in [2.45, 2.75) is 20.4 Å². The molecule has 0 spiro atoms. The van der Waals surface area contributed by atoms with Gasteiger partial charge in [-0.15, -0.1) is 0 Å². The Labute approximate surface area is 188 Å². The summed E-state index contributed by atoms with van der Waals surface area (Å²) in [6.45, 7) is 6.35. The molecular formula is C25H28N2O5. The fraction of sp³-hybridized carbons (Fsp3) is 0.360. The number of nitrogens with zero attached hydrogens (tertiary/aromatic N) is 2. The van der Waals surface area contributed by atoms with Crippen molar-refractivity contribution in [3.63, 3.8) is 0 Å². The molecule has 1 fully saturated rings. The van der Waals surface area contributed by atoms with Crippen molar-refractivity contribution in [1.29, 1.82) is 0 Å². The third-order valence-electron chi connectivity index (χ3n) is 5.91. The van der Waals surface area contributed by atoms with Gasteiger partial charge in [0.15, 0.2) is 11.5 Å². The molecule has 0 N–H and O–H groups in total. The van der Waals surface area contributed by atoms with Crippen LogP contribution in [0.2, 0.25) is 0 Å². The van der Waals surface area contributed by atoms with Crippen LogP contribution in [0.5, 0.6) is 11.5 Å². The Balaban J connectivity index is 1.73. The zero-order chi connectivity index (χ0) is 22.8. The molecule has 7 nitrogen and oxygen atoms in total. The fourth-order valence-corrected chi connectivity index (χ4v) is 4.29. The molecule has 0 atom stereocenters. The predicted octanol–water partition coefficient (Wildman–Crippen LogP) is 2.93. The lowest BCUT2D eigenvalue weighted by Gasteiger charge is -2.29. The van der Waals surface area contributed by atoms with E-state index in [4.69, 9.17) is 14.2 Å². The van der Waals surface area contributed by atoms with Crippen molar-refractivity contribution < 1.29 is 23.8 Å². The molecule has 0 aromatic heterocycles. The lowest BCUT2D eigenvalue weighted by molar-refractivity contribution is -0.138. The van der Waals surface area contributed by atoms with Gasteiger partial charge in [0.25, 0.3) is 11.8 Å². The summed E-state index contributed by atoms with van der Waals surface area (Å²) in [7, 11) is 3.13. The minimum atomic E-state index is -0.279. The molecule has 0 radical (unpaired) electrons. The quantitative estimate of drug-likeness (QED) is 0.649. The number of rotatable bonds is 6. The van der Waals surface area contributed by atoms with Crippen molar-refractivity contribution in [3.8, 4) is 11.5 Å². The summed E-state index contributed by atoms with van der Waals surface area (Å²) in [5.41, 5.74) is 4.59. The Morgan fingerprint density at radius 2 is 1.62 bits per heavy atom. The highest BCUT2D eigenvalue weighted by atomic mass is 16.5. The van der Waals surface area contributed by atoms with Gasteiger partial charge in [-0.05, 0) is 42.7 Å². The van der Waals surface area contributed by atoms with Gasteiger partial charge in [0.05, 0.1) is 39.6 Å². The molecule has 2 aromatic rings. The fourth-order valence-electron chi connectivity index (χ4n) is 4.29. The number of ether oxygens (including phenoxy) is 3. The Kier molecular flexibility index (Phi) is 6.19. The first-order chi connectivity index (χ1) is 15.4. The zero-order valence-electron chi connectivity index (χ0n) is 18.9. The van der Waals surface area contributed by atoms with Gasteiger partial charge in [-0.2, -0.15) is 0 Å². The third kappa shape index (κ3) is 3.96. The molecule has 32 heavy (non-hydrogen) atoms. The van der Waals surface area contributed by atoms with E-state index in [-0.39, 0.29) is 18.4 Å². The van der Waals surface area contributed by atoms with Crippen molar-refractivity contribution in [1.82, 2.24) is 9.80 Å². The first kappa shape index (κ1) is 21.9. The predicted molar refractivity (Wildman–Crippen MR) is 120 cm³/mol. The van der Waals surface area contributed by atoms with E-state index < -0.39 is 0 Å². The third-order valence-corrected chi connectivity index (χ3v) is 5.91. The van der Waals surface area contributed by atoms with Crippen LogP contribution >= 0.6 is 0 Å². The Morgan fingerprint density at radius 3 is 2.28 bits per heavy atom. The highest BCUT2D eigenvalue weighted by molar-refractivity contribution is 6.35. The van der Waals surface area contributed by atoms with Crippen LogP contribution in [0.4, 0.5) is 0 Å². The molecule has 2 amide bonds. The summed E-state index contributed by atoms with van der Waals surface area (Å²) in [5, 5.41) is 0. The number of imide groups is 1. The van der Waals surface area contributed by atoms with Gasteiger partial charge in [0.1, 0.15) is 5.70 Å². The van der Waals surface area contributed by atoms with E-state index in [1.807, 2.05) is 43.0 Å². The van der Waals surface area contributed by atoms with E-state index in [2.05, 4.69) is 0 Å². The number of aryl methyl sites for hydroxylation is 2. The lowest BCUT2D eigenvalue weighted by Crippen LogP contribution is -2.40. The number of hydrogen-bond acceptors (Lipinski definition) is 6. The highest BCUT2D eigenvalue weighted by Gasteiger charge is 2.42. The Morgan fingerprint density at radius 1 is 0.906 bits per heavy atom. The first-order valence-corrected chi connectivity index (χ1v) is 10.7. The van der Waals surface area contributed by atoms with Crippen LogP contribution < -0.4 is 9.47 Å². The van der Waals surface area contributed by atoms with Crippen LogP contribution in [0.1, 0.15) is 22.3 Å². The van der Waals surface area contributed by atoms with Gasteiger partial charge in [-0.1, -0.05) is 29.8 Å². The second-order valence-electron chi connectivity index (χ2n) is 8.03. The van der Waals surface area contributed by atoms with E-state index in [0.717, 1.165) is 22.3 Å². The van der Waals surface area contributed by atoms with Crippen LogP contribution in [0.15, 0.2) is 42.1 Å². The molecule has 0 aliphatic carbocycles. The Bertz CT molecular complexity index is 1090. The van der Waals surface area contributed by atoms with Gasteiger partial charge in [0.2, 0.25) is 0 Å². The SMILES string of the molecule is COc1ccc(CN2C(=O)C(c3ccc(C)cc3C)=C(N3CCOCC3)C2=O)cc1OC. The lowest BCUT2D eigenvalue weighted by atomic mass is 9.97. The molecule has 168 valence electrons. The molecule has 0 bridgehead atoms. The maximum absolute atomic E-state index is 13.6. The Hall–Kier alpha value is -3.32. The van der Waals surface area contributed by atoms with Crippen LogP contribution in [0, 0.1) is 13.8 Å². The molecule has 4 rings (SSSR count). The summed E-state index contributed by atoms with van der Waals surface area (Å²) >= 11 is 0. The van der Waals surface area contributed by atoms with Gasteiger partial charge in [0, 0.05) is 13.1 Å². The standard InChI is InChI=1S/C25H28N2O5/c1-16-5-7-19(17(2)13-16)22-23(26-9-11-32-12-10-26)25(29)27(24(22)28)15-18-6-8-20(30-3)21(14-18)31-4/h5-8,13-14H,9-12,15H2,1-4H3. The van der Waals surface area contributed by atoms with Crippen LogP contribution in [0.3, 0.4) is 0 Å². The number of amides is 2. The number of methoxy groups -OCH3 is 2. The normalized spacial score (nSPS) is 16.8. The second-order valence-corrected chi connectivity index (χ2v) is 8.03. The molecule has 2 aliphatic rings. The van der Waals surface area contributed by atoms with Crippen molar-refractivity contribution >= 4 is 17.4 Å². The summed E-state index contributed by atoms with van der Waals surface area (Å²) in [5.74, 6) is 0.596. The molecule has 2 heterocycles. The van der Waals surface area contributed by atoms with E-state index in [1.54, 1.807) is 26.4 Å². The maximum Gasteiger partial charge on any atom is 0.278 e. The average Bonchev–Trinajstić information content (AvgIpc) is 3.04. The molecular weight excluding hydrogens is 408 g/mol. The number of carbonyl (C=O) groups excluding carboxylic acids is 2. The highest BCUT2D eigenvalue weighted by Crippen LogP contribution is 2.35. The van der Waals surface area contributed by atoms with E-state index in [0.29, 0.717) is 49.1 Å². The monoisotopic (exact) mass is 436 g/mol. The summed E-state index contributed by atoms with van der Waals surface area (Å²) < 4.78 is 16.2. The second kappa shape index (κ2) is 9.04. The maximum atomic E-state index is 13.6. The zero-order valence-corrected chi connectivity index (χ0v) is 18.9. The largest absolute Gasteiger partial charge is 0.493 e. The van der Waals surface area contributed by atoms with Gasteiger partial charge in [-0.3, -0.25) is 14.5 Å². The summed E-state index contributed by atoms with van der Waals surface area (Å²) in [4.78, 5) is 30.5. The van der Waals surface area contributed by atoms with Gasteiger partial charge in [-0.25, -0.2) is 0 Å². The molecule has 0 saturated carbocycles. The number of benzene rings is 2. The van der Waals surface area contributed by atoms with Crippen molar-refractivity contribution in [2.24, 2.45) is 0 Å². The minimum Gasteiger partial charge on any atom is -0.493 e. The number of morpholine rings is 1. The minimum absolute atomic E-state index is 0.153. The molecule has 1 saturated heterocycles. The molecule has 7 heteroatoms. The summed E-state index contributed by atoms with van der Waals surface area (Å²) in [6.07, 6.45) is 0. The first-order valence-electron chi connectivity index (χ1n) is 10.7. The van der Waals surface area contributed by atoms with Gasteiger partial charge < -0.3 is 19.1 Å². The molecule has 2 aliphatic heterocycles. The van der Waals surface area contributed by atoms with Crippen LogP contribution in [0.25, 0.3) is 5.57 Å².